The molecule has 20 heavy (non-hydrogen) atoms. The zero-order valence-corrected chi connectivity index (χ0v) is 12.3. The summed E-state index contributed by atoms with van der Waals surface area (Å²) < 4.78 is 16.3. The molecule has 0 bridgehead atoms. The van der Waals surface area contributed by atoms with Crippen LogP contribution >= 0.6 is 0 Å². The van der Waals surface area contributed by atoms with Crippen LogP contribution in [-0.4, -0.2) is 46.1 Å². The van der Waals surface area contributed by atoms with Crippen LogP contribution in [0.3, 0.4) is 0 Å². The monoisotopic (exact) mass is 280 g/mol. The number of fused-ring (bicyclic) bond motifs is 1. The Morgan fingerprint density at radius 1 is 1.30 bits per heavy atom. The highest BCUT2D eigenvalue weighted by Gasteiger charge is 2.15. The SMILES string of the molecule is COCCNCC(C)NCc1cccc2c1OCCO2. The van der Waals surface area contributed by atoms with E-state index in [4.69, 9.17) is 14.2 Å². The van der Waals surface area contributed by atoms with E-state index in [0.717, 1.165) is 43.3 Å². The van der Waals surface area contributed by atoms with E-state index in [-0.39, 0.29) is 0 Å². The molecule has 0 saturated carbocycles. The van der Waals surface area contributed by atoms with Crippen LogP contribution in [0.15, 0.2) is 18.2 Å². The molecule has 5 nitrogen and oxygen atoms in total. The van der Waals surface area contributed by atoms with Crippen molar-refractivity contribution in [3.8, 4) is 11.5 Å². The molecule has 2 N–H and O–H groups in total. The maximum absolute atomic E-state index is 5.70. The minimum atomic E-state index is 0.382. The lowest BCUT2D eigenvalue weighted by Gasteiger charge is -2.22. The Hall–Kier alpha value is -1.30. The topological polar surface area (TPSA) is 51.8 Å². The fourth-order valence-electron chi connectivity index (χ4n) is 2.12. The minimum Gasteiger partial charge on any atom is -0.486 e. The quantitative estimate of drug-likeness (QED) is 0.700. The third-order valence-corrected chi connectivity index (χ3v) is 3.22. The number of methoxy groups -OCH3 is 1. The van der Waals surface area contributed by atoms with Crippen molar-refractivity contribution in [1.29, 1.82) is 0 Å². The van der Waals surface area contributed by atoms with E-state index < -0.39 is 0 Å². The lowest BCUT2D eigenvalue weighted by Crippen LogP contribution is -2.37. The van der Waals surface area contributed by atoms with E-state index >= 15 is 0 Å². The van der Waals surface area contributed by atoms with Crippen LogP contribution in [0.2, 0.25) is 0 Å². The zero-order chi connectivity index (χ0) is 14.2. The molecule has 0 radical (unpaired) electrons. The molecule has 1 aliphatic rings. The molecule has 1 unspecified atom stereocenters. The second-order valence-electron chi connectivity index (χ2n) is 4.92. The highest BCUT2D eigenvalue weighted by atomic mass is 16.6. The van der Waals surface area contributed by atoms with Crippen LogP contribution in [-0.2, 0) is 11.3 Å². The van der Waals surface area contributed by atoms with Gasteiger partial charge in [0.2, 0.25) is 0 Å². The summed E-state index contributed by atoms with van der Waals surface area (Å²) >= 11 is 0. The highest BCUT2D eigenvalue weighted by Crippen LogP contribution is 2.33. The first-order valence-corrected chi connectivity index (χ1v) is 7.12. The molecule has 112 valence electrons. The maximum atomic E-state index is 5.70. The number of hydrogen-bond acceptors (Lipinski definition) is 5. The predicted octanol–water partition coefficient (Wildman–Crippen LogP) is 1.17. The minimum absolute atomic E-state index is 0.382. The van der Waals surface area contributed by atoms with Crippen LogP contribution in [0.5, 0.6) is 11.5 Å². The molecule has 1 heterocycles. The highest BCUT2D eigenvalue weighted by molar-refractivity contribution is 5.47. The summed E-state index contributed by atoms with van der Waals surface area (Å²) in [4.78, 5) is 0. The van der Waals surface area contributed by atoms with Crippen LogP contribution < -0.4 is 20.1 Å². The summed E-state index contributed by atoms with van der Waals surface area (Å²) in [6.07, 6.45) is 0. The van der Waals surface area contributed by atoms with Gasteiger partial charge in [-0.05, 0) is 13.0 Å². The molecule has 5 heteroatoms. The lowest BCUT2D eigenvalue weighted by atomic mass is 10.1. The molecular formula is C15H24N2O3. The molecule has 0 amide bonds. The van der Waals surface area contributed by atoms with E-state index in [1.807, 2.05) is 12.1 Å². The third-order valence-electron chi connectivity index (χ3n) is 3.22. The Morgan fingerprint density at radius 3 is 3.00 bits per heavy atom. The number of rotatable bonds is 8. The smallest absolute Gasteiger partial charge is 0.165 e. The number of ether oxygens (including phenoxy) is 3. The van der Waals surface area contributed by atoms with E-state index in [2.05, 4.69) is 23.6 Å². The van der Waals surface area contributed by atoms with Gasteiger partial charge in [0, 0.05) is 38.3 Å². The van der Waals surface area contributed by atoms with Crippen molar-refractivity contribution in [1.82, 2.24) is 10.6 Å². The molecule has 1 atom stereocenters. The molecule has 0 spiro atoms. The number of hydrogen-bond donors (Lipinski definition) is 2. The molecule has 0 aromatic heterocycles. The molecular weight excluding hydrogens is 256 g/mol. The van der Waals surface area contributed by atoms with Gasteiger partial charge in [-0.25, -0.2) is 0 Å². The average molecular weight is 280 g/mol. The van der Waals surface area contributed by atoms with Gasteiger partial charge in [0.1, 0.15) is 13.2 Å². The largest absolute Gasteiger partial charge is 0.486 e. The van der Waals surface area contributed by atoms with E-state index in [1.54, 1.807) is 7.11 Å². The van der Waals surface area contributed by atoms with Crippen LogP contribution in [0, 0.1) is 0 Å². The van der Waals surface area contributed by atoms with Gasteiger partial charge in [0.05, 0.1) is 6.61 Å². The molecule has 0 saturated heterocycles. The summed E-state index contributed by atoms with van der Waals surface area (Å²) in [6.45, 7) is 6.72. The Balaban J connectivity index is 1.79. The number of benzene rings is 1. The Morgan fingerprint density at radius 2 is 2.15 bits per heavy atom. The van der Waals surface area contributed by atoms with Gasteiger partial charge < -0.3 is 24.8 Å². The average Bonchev–Trinajstić information content (AvgIpc) is 2.49. The Labute approximate surface area is 120 Å². The molecule has 2 rings (SSSR count). The van der Waals surface area contributed by atoms with Crippen LogP contribution in [0.1, 0.15) is 12.5 Å². The van der Waals surface area contributed by atoms with Crippen molar-refractivity contribution < 1.29 is 14.2 Å². The predicted molar refractivity (Wildman–Crippen MR) is 78.5 cm³/mol. The Kier molecular flexibility index (Phi) is 6.11. The van der Waals surface area contributed by atoms with Gasteiger partial charge in [-0.3, -0.25) is 0 Å². The van der Waals surface area contributed by atoms with E-state index in [1.165, 1.54) is 0 Å². The van der Waals surface area contributed by atoms with Crippen LogP contribution in [0.4, 0.5) is 0 Å². The third kappa shape index (κ3) is 4.37. The van der Waals surface area contributed by atoms with Gasteiger partial charge >= 0.3 is 0 Å². The number of para-hydroxylation sites is 1. The van der Waals surface area contributed by atoms with Crippen molar-refractivity contribution in [2.45, 2.75) is 19.5 Å². The molecule has 0 aliphatic carbocycles. The fraction of sp³-hybridized carbons (Fsp3) is 0.600. The van der Waals surface area contributed by atoms with E-state index in [0.29, 0.717) is 19.3 Å². The molecule has 1 aromatic rings. The van der Waals surface area contributed by atoms with Gasteiger partial charge in [0.15, 0.2) is 11.5 Å². The van der Waals surface area contributed by atoms with Gasteiger partial charge in [-0.15, -0.1) is 0 Å². The van der Waals surface area contributed by atoms with Crippen molar-refractivity contribution in [2.75, 3.05) is 40.0 Å². The fourth-order valence-corrected chi connectivity index (χ4v) is 2.12. The molecule has 1 aromatic carbocycles. The van der Waals surface area contributed by atoms with Crippen molar-refractivity contribution >= 4 is 0 Å². The zero-order valence-electron chi connectivity index (χ0n) is 12.3. The Bertz CT molecular complexity index is 412. The summed E-state index contributed by atoms with van der Waals surface area (Å²) in [5.41, 5.74) is 1.14. The summed E-state index contributed by atoms with van der Waals surface area (Å²) in [5, 5.41) is 6.83. The lowest BCUT2D eigenvalue weighted by molar-refractivity contribution is 0.169. The van der Waals surface area contributed by atoms with Gasteiger partial charge in [-0.1, -0.05) is 12.1 Å². The normalized spacial score (nSPS) is 15.1. The van der Waals surface area contributed by atoms with Gasteiger partial charge in [-0.2, -0.15) is 0 Å². The second-order valence-corrected chi connectivity index (χ2v) is 4.92. The molecule has 1 aliphatic heterocycles. The van der Waals surface area contributed by atoms with Crippen LogP contribution in [0.25, 0.3) is 0 Å². The van der Waals surface area contributed by atoms with Crippen molar-refractivity contribution in [3.05, 3.63) is 23.8 Å². The van der Waals surface area contributed by atoms with Crippen molar-refractivity contribution in [3.63, 3.8) is 0 Å². The van der Waals surface area contributed by atoms with Crippen molar-refractivity contribution in [2.24, 2.45) is 0 Å². The molecule has 0 fully saturated rings. The first-order chi connectivity index (χ1) is 9.81. The summed E-state index contributed by atoms with van der Waals surface area (Å²) in [5.74, 6) is 1.73. The first kappa shape index (κ1) is 15.1. The number of nitrogens with one attached hydrogen (secondary N) is 2. The van der Waals surface area contributed by atoms with E-state index in [9.17, 15) is 0 Å². The standard InChI is InChI=1S/C15H24N2O3/c1-12(10-16-6-7-18-2)17-11-13-4-3-5-14-15(13)20-9-8-19-14/h3-5,12,16-17H,6-11H2,1-2H3. The maximum Gasteiger partial charge on any atom is 0.165 e. The first-order valence-electron chi connectivity index (χ1n) is 7.12. The second kappa shape index (κ2) is 8.09. The summed E-state index contributed by atoms with van der Waals surface area (Å²) in [7, 11) is 1.71. The van der Waals surface area contributed by atoms with Gasteiger partial charge in [0.25, 0.3) is 0 Å². The summed E-state index contributed by atoms with van der Waals surface area (Å²) in [6, 6.07) is 6.41.